The third-order valence-corrected chi connectivity index (χ3v) is 1.94. The van der Waals surface area contributed by atoms with E-state index in [1.54, 1.807) is 12.1 Å². The predicted octanol–water partition coefficient (Wildman–Crippen LogP) is 2.52. The van der Waals surface area contributed by atoms with Crippen LogP contribution in [0.2, 0.25) is 5.02 Å². The van der Waals surface area contributed by atoms with Gasteiger partial charge in [-0.2, -0.15) is 12.6 Å². The van der Waals surface area contributed by atoms with Crippen LogP contribution in [0.15, 0.2) is 18.2 Å². The maximum atomic E-state index is 9.06. The number of phenols is 1. The standard InChI is InChI=1S/C8H9ClOS/c9-7-5-6(3-4-11)1-2-8(7)10/h1-2,5,10-11H,3-4H2. The topological polar surface area (TPSA) is 20.2 Å². The molecule has 11 heavy (non-hydrogen) atoms. The molecular formula is C8H9ClOS. The van der Waals surface area contributed by atoms with Crippen molar-refractivity contribution in [2.24, 2.45) is 0 Å². The van der Waals surface area contributed by atoms with Gasteiger partial charge in [-0.1, -0.05) is 17.7 Å². The number of hydrogen-bond acceptors (Lipinski definition) is 2. The molecule has 0 atom stereocenters. The zero-order valence-electron chi connectivity index (χ0n) is 5.92. The minimum Gasteiger partial charge on any atom is -0.506 e. The molecule has 0 fully saturated rings. The Balaban J connectivity index is 2.86. The lowest BCUT2D eigenvalue weighted by Crippen LogP contribution is -1.84. The summed E-state index contributed by atoms with van der Waals surface area (Å²) in [6, 6.07) is 5.20. The molecule has 0 aromatic heterocycles. The Morgan fingerprint density at radius 2 is 2.18 bits per heavy atom. The molecule has 1 N–H and O–H groups in total. The number of rotatable bonds is 2. The van der Waals surface area contributed by atoms with Gasteiger partial charge in [0.2, 0.25) is 0 Å². The molecule has 0 radical (unpaired) electrons. The molecule has 0 amide bonds. The normalized spacial score (nSPS) is 10.0. The molecule has 1 rings (SSSR count). The van der Waals surface area contributed by atoms with Crippen LogP contribution in [0.25, 0.3) is 0 Å². The first kappa shape index (κ1) is 8.75. The number of benzene rings is 1. The largest absolute Gasteiger partial charge is 0.506 e. The number of aryl methyl sites for hydroxylation is 1. The molecule has 60 valence electrons. The molecule has 1 aromatic carbocycles. The van der Waals surface area contributed by atoms with Crippen molar-refractivity contribution < 1.29 is 5.11 Å². The Bertz CT molecular complexity index is 250. The van der Waals surface area contributed by atoms with E-state index >= 15 is 0 Å². The first-order valence-corrected chi connectivity index (χ1v) is 4.33. The number of halogens is 1. The highest BCUT2D eigenvalue weighted by Gasteiger charge is 1.98. The van der Waals surface area contributed by atoms with Gasteiger partial charge in [-0.15, -0.1) is 0 Å². The van der Waals surface area contributed by atoms with Crippen LogP contribution in [0.3, 0.4) is 0 Å². The van der Waals surface area contributed by atoms with Crippen LogP contribution in [0.1, 0.15) is 5.56 Å². The lowest BCUT2D eigenvalue weighted by molar-refractivity contribution is 0.475. The highest BCUT2D eigenvalue weighted by molar-refractivity contribution is 7.80. The predicted molar refractivity (Wildman–Crippen MR) is 50.7 cm³/mol. The fourth-order valence-electron chi connectivity index (χ4n) is 0.835. The molecule has 0 saturated heterocycles. The van der Waals surface area contributed by atoms with Crippen LogP contribution in [0.4, 0.5) is 0 Å². The van der Waals surface area contributed by atoms with Gasteiger partial charge in [0.05, 0.1) is 5.02 Å². The van der Waals surface area contributed by atoms with Crippen LogP contribution in [-0.4, -0.2) is 10.9 Å². The highest BCUT2D eigenvalue weighted by atomic mass is 35.5. The average Bonchev–Trinajstić information content (AvgIpc) is 1.98. The first-order chi connectivity index (χ1) is 5.24. The van der Waals surface area contributed by atoms with Crippen LogP contribution in [0, 0.1) is 0 Å². The van der Waals surface area contributed by atoms with Gasteiger partial charge in [0.15, 0.2) is 0 Å². The van der Waals surface area contributed by atoms with Gasteiger partial charge in [-0.05, 0) is 29.9 Å². The zero-order valence-corrected chi connectivity index (χ0v) is 7.57. The molecule has 0 saturated carbocycles. The van der Waals surface area contributed by atoms with E-state index in [1.807, 2.05) is 6.07 Å². The number of phenolic OH excluding ortho intramolecular Hbond substituents is 1. The number of aromatic hydroxyl groups is 1. The Kier molecular flexibility index (Phi) is 3.09. The second-order valence-corrected chi connectivity index (χ2v) is 3.11. The van der Waals surface area contributed by atoms with Crippen molar-refractivity contribution in [2.45, 2.75) is 6.42 Å². The van der Waals surface area contributed by atoms with Gasteiger partial charge in [-0.25, -0.2) is 0 Å². The van der Waals surface area contributed by atoms with E-state index in [4.69, 9.17) is 16.7 Å². The van der Waals surface area contributed by atoms with Crippen LogP contribution in [-0.2, 0) is 6.42 Å². The SMILES string of the molecule is Oc1ccc(CCS)cc1Cl. The average molecular weight is 189 g/mol. The quantitative estimate of drug-likeness (QED) is 0.684. The molecule has 0 aliphatic rings. The van der Waals surface area contributed by atoms with Crippen LogP contribution < -0.4 is 0 Å². The van der Waals surface area contributed by atoms with Crippen LogP contribution >= 0.6 is 24.2 Å². The molecule has 0 unspecified atom stereocenters. The summed E-state index contributed by atoms with van der Waals surface area (Å²) in [5, 5.41) is 9.47. The maximum absolute atomic E-state index is 9.06. The highest BCUT2D eigenvalue weighted by Crippen LogP contribution is 2.23. The smallest absolute Gasteiger partial charge is 0.134 e. The monoisotopic (exact) mass is 188 g/mol. The lowest BCUT2D eigenvalue weighted by atomic mass is 10.2. The zero-order chi connectivity index (χ0) is 8.27. The Hall–Kier alpha value is -0.340. The van der Waals surface area contributed by atoms with Crippen molar-refractivity contribution in [2.75, 3.05) is 5.75 Å². The van der Waals surface area contributed by atoms with E-state index in [9.17, 15) is 0 Å². The molecule has 0 bridgehead atoms. The van der Waals surface area contributed by atoms with Crippen molar-refractivity contribution in [1.29, 1.82) is 0 Å². The minimum atomic E-state index is 0.134. The van der Waals surface area contributed by atoms with Crippen molar-refractivity contribution in [3.8, 4) is 5.75 Å². The Morgan fingerprint density at radius 1 is 1.45 bits per heavy atom. The summed E-state index contributed by atoms with van der Waals surface area (Å²) in [4.78, 5) is 0. The molecule has 0 spiro atoms. The summed E-state index contributed by atoms with van der Waals surface area (Å²) in [6.07, 6.45) is 0.878. The summed E-state index contributed by atoms with van der Waals surface area (Å²) >= 11 is 9.76. The third kappa shape index (κ3) is 2.31. The van der Waals surface area contributed by atoms with Gasteiger partial charge in [-0.3, -0.25) is 0 Å². The van der Waals surface area contributed by atoms with Gasteiger partial charge in [0.1, 0.15) is 5.75 Å². The molecular weight excluding hydrogens is 180 g/mol. The number of hydrogen-bond donors (Lipinski definition) is 2. The van der Waals surface area contributed by atoms with Crippen molar-refractivity contribution >= 4 is 24.2 Å². The second-order valence-electron chi connectivity index (χ2n) is 2.26. The maximum Gasteiger partial charge on any atom is 0.134 e. The van der Waals surface area contributed by atoms with E-state index in [2.05, 4.69) is 12.6 Å². The summed E-state index contributed by atoms with van der Waals surface area (Å²) in [5.74, 6) is 0.927. The molecule has 1 aromatic rings. The van der Waals surface area contributed by atoms with Crippen molar-refractivity contribution in [1.82, 2.24) is 0 Å². The number of thiol groups is 1. The van der Waals surface area contributed by atoms with Gasteiger partial charge < -0.3 is 5.11 Å². The van der Waals surface area contributed by atoms with Crippen LogP contribution in [0.5, 0.6) is 5.75 Å². The van der Waals surface area contributed by atoms with E-state index in [-0.39, 0.29) is 5.75 Å². The summed E-state index contributed by atoms with van der Waals surface area (Å²) < 4.78 is 0. The van der Waals surface area contributed by atoms with E-state index < -0.39 is 0 Å². The first-order valence-electron chi connectivity index (χ1n) is 3.32. The van der Waals surface area contributed by atoms with E-state index in [0.29, 0.717) is 5.02 Å². The fraction of sp³-hybridized carbons (Fsp3) is 0.250. The molecule has 0 heterocycles. The molecule has 3 heteroatoms. The van der Waals surface area contributed by atoms with E-state index in [0.717, 1.165) is 17.7 Å². The second kappa shape index (κ2) is 3.88. The van der Waals surface area contributed by atoms with Crippen molar-refractivity contribution in [3.63, 3.8) is 0 Å². The van der Waals surface area contributed by atoms with Gasteiger partial charge in [0.25, 0.3) is 0 Å². The Labute approximate surface area is 76.4 Å². The van der Waals surface area contributed by atoms with Gasteiger partial charge >= 0.3 is 0 Å². The summed E-state index contributed by atoms with van der Waals surface area (Å²) in [7, 11) is 0. The third-order valence-electron chi connectivity index (χ3n) is 1.41. The molecule has 0 aliphatic heterocycles. The lowest BCUT2D eigenvalue weighted by Gasteiger charge is -1.99. The molecule has 0 aliphatic carbocycles. The minimum absolute atomic E-state index is 0.134. The fourth-order valence-corrected chi connectivity index (χ4v) is 1.30. The summed E-state index contributed by atoms with van der Waals surface area (Å²) in [5.41, 5.74) is 1.10. The Morgan fingerprint density at radius 3 is 2.73 bits per heavy atom. The van der Waals surface area contributed by atoms with E-state index in [1.165, 1.54) is 0 Å². The van der Waals surface area contributed by atoms with Gasteiger partial charge in [0, 0.05) is 0 Å². The molecule has 1 nitrogen and oxygen atoms in total. The van der Waals surface area contributed by atoms with Crippen molar-refractivity contribution in [3.05, 3.63) is 28.8 Å². The summed E-state index contributed by atoms with van der Waals surface area (Å²) in [6.45, 7) is 0.